The van der Waals surface area contributed by atoms with E-state index in [0.717, 1.165) is 12.8 Å². The lowest BCUT2D eigenvalue weighted by atomic mass is 9.74. The van der Waals surface area contributed by atoms with Crippen molar-refractivity contribution in [3.63, 3.8) is 0 Å². The number of hydrogen-bond acceptors (Lipinski definition) is 1. The molecule has 1 aliphatic heterocycles. The minimum absolute atomic E-state index is 0.167. The Balaban J connectivity index is 1.71. The summed E-state index contributed by atoms with van der Waals surface area (Å²) in [5, 5.41) is 0. The van der Waals surface area contributed by atoms with Gasteiger partial charge in [0.15, 0.2) is 0 Å². The van der Waals surface area contributed by atoms with Gasteiger partial charge in [0.1, 0.15) is 6.10 Å². The molecule has 2 unspecified atom stereocenters. The molecule has 1 aliphatic carbocycles. The van der Waals surface area contributed by atoms with E-state index in [1.165, 1.54) is 68.5 Å². The largest absolute Gasteiger partial charge is 0.364 e. The third-order valence-electron chi connectivity index (χ3n) is 7.93. The van der Waals surface area contributed by atoms with Crippen LogP contribution in [0.3, 0.4) is 0 Å². The topological polar surface area (TPSA) is 12.5 Å². The Bertz CT molecular complexity index is 1520. The fourth-order valence-electron chi connectivity index (χ4n) is 6.27. The Morgan fingerprint density at radius 3 is 1.41 bits per heavy atom. The number of benzene rings is 5. The van der Waals surface area contributed by atoms with Crippen LogP contribution in [0.15, 0.2) is 121 Å². The van der Waals surface area contributed by atoms with Crippen LogP contribution < -0.4 is 0 Å². The zero-order valence-corrected chi connectivity index (χ0v) is 20.9. The standard InChI is InChI=1S/C36H30O/c1-5-15-25(16-6-1)31-29-23-13-14-24-30-36(37-30)35(29)34(28-21-11-4-12-22-28)33(27-19-9-3-10-20-27)32(31)26-17-7-2-8-18-26/h1-12,15-22,30,36H,13-14,23-24H2. The molecule has 0 bridgehead atoms. The van der Waals surface area contributed by atoms with Gasteiger partial charge in [0, 0.05) is 0 Å². The SMILES string of the molecule is c1ccc(-c2c3c(c(-c4ccccc4)c(-c4ccccc4)c2-c2ccccc2)C2OC2CCCC3)cc1. The number of fused-ring (bicyclic) bond motifs is 3. The molecular formula is C36H30O. The summed E-state index contributed by atoms with van der Waals surface area (Å²) >= 11 is 0. The van der Waals surface area contributed by atoms with Gasteiger partial charge < -0.3 is 4.74 Å². The Morgan fingerprint density at radius 1 is 0.459 bits per heavy atom. The summed E-state index contributed by atoms with van der Waals surface area (Å²) in [6.45, 7) is 0. The summed E-state index contributed by atoms with van der Waals surface area (Å²) in [6, 6.07) is 44.0. The molecule has 1 heteroatoms. The summed E-state index contributed by atoms with van der Waals surface area (Å²) in [7, 11) is 0. The van der Waals surface area contributed by atoms with Crippen molar-refractivity contribution in [1.82, 2.24) is 0 Å². The molecule has 0 N–H and O–H groups in total. The first-order chi connectivity index (χ1) is 18.4. The van der Waals surface area contributed by atoms with Crippen molar-refractivity contribution >= 4 is 0 Å². The average Bonchev–Trinajstić information content (AvgIpc) is 3.73. The van der Waals surface area contributed by atoms with Crippen LogP contribution in [-0.4, -0.2) is 6.10 Å². The fourth-order valence-corrected chi connectivity index (χ4v) is 6.27. The number of epoxide rings is 1. The van der Waals surface area contributed by atoms with Crippen LogP contribution in [0.5, 0.6) is 0 Å². The van der Waals surface area contributed by atoms with Crippen LogP contribution in [0.25, 0.3) is 44.5 Å². The van der Waals surface area contributed by atoms with Gasteiger partial charge >= 0.3 is 0 Å². The lowest BCUT2D eigenvalue weighted by molar-refractivity contribution is 0.364. The highest BCUT2D eigenvalue weighted by atomic mass is 16.6. The maximum Gasteiger partial charge on any atom is 0.110 e. The van der Waals surface area contributed by atoms with Crippen LogP contribution in [0, 0.1) is 0 Å². The van der Waals surface area contributed by atoms with Gasteiger partial charge in [-0.25, -0.2) is 0 Å². The minimum atomic E-state index is 0.167. The molecule has 5 aromatic carbocycles. The molecule has 5 aromatic rings. The van der Waals surface area contributed by atoms with E-state index >= 15 is 0 Å². The van der Waals surface area contributed by atoms with Crippen molar-refractivity contribution < 1.29 is 4.74 Å². The van der Waals surface area contributed by atoms with Gasteiger partial charge in [0.25, 0.3) is 0 Å². The molecule has 37 heavy (non-hydrogen) atoms. The summed E-state index contributed by atoms with van der Waals surface area (Å²) in [4.78, 5) is 0. The van der Waals surface area contributed by atoms with E-state index in [-0.39, 0.29) is 6.10 Å². The first-order valence-electron chi connectivity index (χ1n) is 13.5. The predicted octanol–water partition coefficient (Wildman–Crippen LogP) is 9.52. The van der Waals surface area contributed by atoms with E-state index in [2.05, 4.69) is 121 Å². The first kappa shape index (κ1) is 22.3. The van der Waals surface area contributed by atoms with Gasteiger partial charge in [-0.05, 0) is 74.9 Å². The van der Waals surface area contributed by atoms with E-state index in [1.54, 1.807) is 0 Å². The van der Waals surface area contributed by atoms with Gasteiger partial charge in [-0.1, -0.05) is 128 Å². The van der Waals surface area contributed by atoms with Crippen molar-refractivity contribution in [2.75, 3.05) is 0 Å². The normalized spacial score (nSPS) is 18.3. The number of hydrogen-bond donors (Lipinski definition) is 0. The molecule has 1 heterocycles. The maximum absolute atomic E-state index is 6.45. The maximum atomic E-state index is 6.45. The van der Waals surface area contributed by atoms with Crippen LogP contribution >= 0.6 is 0 Å². The molecule has 180 valence electrons. The van der Waals surface area contributed by atoms with E-state index in [9.17, 15) is 0 Å². The minimum Gasteiger partial charge on any atom is -0.364 e. The van der Waals surface area contributed by atoms with Gasteiger partial charge in [0.2, 0.25) is 0 Å². The molecule has 2 aliphatic rings. The van der Waals surface area contributed by atoms with Crippen LogP contribution in [0.1, 0.15) is 36.5 Å². The predicted molar refractivity (Wildman–Crippen MR) is 153 cm³/mol. The van der Waals surface area contributed by atoms with Crippen molar-refractivity contribution in [3.8, 4) is 44.5 Å². The molecule has 1 saturated heterocycles. The van der Waals surface area contributed by atoms with E-state index in [0.29, 0.717) is 6.10 Å². The molecule has 0 saturated carbocycles. The Morgan fingerprint density at radius 2 is 0.892 bits per heavy atom. The molecule has 1 nitrogen and oxygen atoms in total. The Labute approximate surface area is 219 Å². The van der Waals surface area contributed by atoms with Crippen molar-refractivity contribution in [2.24, 2.45) is 0 Å². The molecule has 0 aromatic heterocycles. The average molecular weight is 479 g/mol. The second-order valence-corrected chi connectivity index (χ2v) is 10.2. The second kappa shape index (κ2) is 9.50. The highest BCUT2D eigenvalue weighted by Crippen LogP contribution is 2.56. The molecule has 2 atom stereocenters. The quantitative estimate of drug-likeness (QED) is 0.234. The molecule has 0 radical (unpaired) electrons. The van der Waals surface area contributed by atoms with E-state index in [1.807, 2.05) is 0 Å². The van der Waals surface area contributed by atoms with Crippen LogP contribution in [0.2, 0.25) is 0 Å². The highest BCUT2D eigenvalue weighted by molar-refractivity contribution is 6.04. The molecule has 1 fully saturated rings. The fraction of sp³-hybridized carbons (Fsp3) is 0.167. The molecule has 0 amide bonds. The third-order valence-corrected chi connectivity index (χ3v) is 7.93. The highest BCUT2D eigenvalue weighted by Gasteiger charge is 2.45. The van der Waals surface area contributed by atoms with E-state index in [4.69, 9.17) is 4.74 Å². The van der Waals surface area contributed by atoms with Crippen molar-refractivity contribution in [3.05, 3.63) is 132 Å². The third kappa shape index (κ3) is 4.00. The zero-order chi connectivity index (χ0) is 24.6. The smallest absolute Gasteiger partial charge is 0.110 e. The van der Waals surface area contributed by atoms with Crippen LogP contribution in [0.4, 0.5) is 0 Å². The monoisotopic (exact) mass is 478 g/mol. The summed E-state index contributed by atoms with van der Waals surface area (Å²) in [6.07, 6.45) is 5.13. The summed E-state index contributed by atoms with van der Waals surface area (Å²) in [5.74, 6) is 0. The number of rotatable bonds is 4. The van der Waals surface area contributed by atoms with Crippen molar-refractivity contribution in [1.29, 1.82) is 0 Å². The molecular weight excluding hydrogens is 448 g/mol. The van der Waals surface area contributed by atoms with Gasteiger partial charge in [0.05, 0.1) is 6.10 Å². The summed E-state index contributed by atoms with van der Waals surface area (Å²) in [5.41, 5.74) is 13.3. The van der Waals surface area contributed by atoms with E-state index < -0.39 is 0 Å². The Kier molecular flexibility index (Phi) is 5.72. The van der Waals surface area contributed by atoms with Gasteiger partial charge in [-0.15, -0.1) is 0 Å². The van der Waals surface area contributed by atoms with Crippen LogP contribution in [-0.2, 0) is 11.2 Å². The lowest BCUT2D eigenvalue weighted by Gasteiger charge is -2.28. The molecule has 7 rings (SSSR count). The van der Waals surface area contributed by atoms with Gasteiger partial charge in [-0.2, -0.15) is 0 Å². The number of ether oxygens (including phenoxy) is 1. The lowest BCUT2D eigenvalue weighted by Crippen LogP contribution is -2.09. The van der Waals surface area contributed by atoms with Crippen molar-refractivity contribution in [2.45, 2.75) is 37.9 Å². The zero-order valence-electron chi connectivity index (χ0n) is 20.9. The Hall–Kier alpha value is -3.94. The van der Waals surface area contributed by atoms with Gasteiger partial charge in [-0.3, -0.25) is 0 Å². The summed E-state index contributed by atoms with van der Waals surface area (Å²) < 4.78 is 6.45. The molecule has 0 spiro atoms. The second-order valence-electron chi connectivity index (χ2n) is 10.2. The first-order valence-corrected chi connectivity index (χ1v) is 13.5.